The minimum atomic E-state index is 0.465. The van der Waals surface area contributed by atoms with Crippen LogP contribution in [0.1, 0.15) is 31.1 Å². The van der Waals surface area contributed by atoms with E-state index in [1.54, 1.807) is 0 Å². The molecule has 0 fully saturated rings. The van der Waals surface area contributed by atoms with E-state index in [1.807, 2.05) is 4.68 Å². The highest BCUT2D eigenvalue weighted by Gasteiger charge is 2.21. The molecule has 1 aliphatic rings. The van der Waals surface area contributed by atoms with E-state index in [-0.39, 0.29) is 0 Å². The summed E-state index contributed by atoms with van der Waals surface area (Å²) in [6.45, 7) is 0.724. The number of rotatable bonds is 2. The number of nitrogens with two attached hydrogens (primary N) is 1. The van der Waals surface area contributed by atoms with Crippen LogP contribution in [0.3, 0.4) is 0 Å². The molecule has 1 unspecified atom stereocenters. The highest BCUT2D eigenvalue weighted by Crippen LogP contribution is 2.26. The molecular weight excluding hydrogens is 232 g/mol. The minimum Gasteiger partial charge on any atom is -0.330 e. The smallest absolute Gasteiger partial charge is 0.217 e. The number of fused-ring (bicyclic) bond motifs is 1. The zero-order valence-electron chi connectivity index (χ0n) is 7.41. The van der Waals surface area contributed by atoms with Crippen molar-refractivity contribution in [2.45, 2.75) is 31.7 Å². The van der Waals surface area contributed by atoms with Gasteiger partial charge in [-0.25, -0.2) is 9.67 Å². The van der Waals surface area contributed by atoms with Gasteiger partial charge in [0.1, 0.15) is 5.82 Å². The first-order valence-corrected chi connectivity index (χ1v) is 5.41. The van der Waals surface area contributed by atoms with Gasteiger partial charge in [0.2, 0.25) is 4.73 Å². The van der Waals surface area contributed by atoms with E-state index < -0.39 is 0 Å². The van der Waals surface area contributed by atoms with Crippen molar-refractivity contribution in [2.75, 3.05) is 6.54 Å². The molecule has 0 aliphatic carbocycles. The fourth-order valence-corrected chi connectivity index (χ4v) is 2.24. The van der Waals surface area contributed by atoms with Crippen LogP contribution < -0.4 is 5.73 Å². The second kappa shape index (κ2) is 3.75. The third kappa shape index (κ3) is 1.76. The summed E-state index contributed by atoms with van der Waals surface area (Å²) in [6.07, 6.45) is 4.43. The molecule has 0 spiro atoms. The molecule has 0 amide bonds. The maximum Gasteiger partial charge on any atom is 0.217 e. The summed E-state index contributed by atoms with van der Waals surface area (Å²) < 4.78 is 2.73. The fraction of sp³-hybridized carbons (Fsp3) is 0.750. The van der Waals surface area contributed by atoms with Gasteiger partial charge in [0.15, 0.2) is 0 Å². The van der Waals surface area contributed by atoms with Gasteiger partial charge in [0.05, 0.1) is 6.04 Å². The van der Waals surface area contributed by atoms with E-state index in [0.29, 0.717) is 10.8 Å². The van der Waals surface area contributed by atoms with E-state index in [4.69, 9.17) is 5.73 Å². The topological polar surface area (TPSA) is 56.7 Å². The molecule has 0 saturated heterocycles. The Morgan fingerprint density at radius 1 is 1.62 bits per heavy atom. The molecule has 0 bridgehead atoms. The van der Waals surface area contributed by atoms with Crippen LogP contribution in [0.5, 0.6) is 0 Å². The molecule has 0 radical (unpaired) electrons. The van der Waals surface area contributed by atoms with Crippen molar-refractivity contribution in [3.8, 4) is 0 Å². The standard InChI is InChI=1S/C8H13BrN4/c9-8-11-7-3-1-2-6(4-5-10)13(7)12-8/h6H,1-5,10H2. The number of nitrogens with zero attached hydrogens (tertiary/aromatic N) is 3. The quantitative estimate of drug-likeness (QED) is 0.853. The van der Waals surface area contributed by atoms with Crippen molar-refractivity contribution in [1.29, 1.82) is 0 Å². The van der Waals surface area contributed by atoms with Crippen molar-refractivity contribution in [1.82, 2.24) is 14.8 Å². The molecule has 2 N–H and O–H groups in total. The van der Waals surface area contributed by atoms with E-state index in [1.165, 1.54) is 12.8 Å². The van der Waals surface area contributed by atoms with E-state index in [0.717, 1.165) is 25.2 Å². The van der Waals surface area contributed by atoms with Crippen LogP contribution in [-0.2, 0) is 6.42 Å². The Labute approximate surface area is 85.6 Å². The molecule has 1 atom stereocenters. The Bertz CT molecular complexity index is 296. The summed E-state index contributed by atoms with van der Waals surface area (Å²) in [5.41, 5.74) is 5.55. The number of hydrogen-bond acceptors (Lipinski definition) is 3. The van der Waals surface area contributed by atoms with E-state index in [9.17, 15) is 0 Å². The van der Waals surface area contributed by atoms with E-state index >= 15 is 0 Å². The zero-order chi connectivity index (χ0) is 9.26. The van der Waals surface area contributed by atoms with Crippen molar-refractivity contribution in [3.63, 3.8) is 0 Å². The number of aryl methyl sites for hydroxylation is 1. The van der Waals surface area contributed by atoms with Gasteiger partial charge in [0.25, 0.3) is 0 Å². The van der Waals surface area contributed by atoms with Crippen molar-refractivity contribution in [3.05, 3.63) is 10.6 Å². The first kappa shape index (κ1) is 9.15. The predicted octanol–water partition coefficient (Wildman–Crippen LogP) is 1.27. The Balaban J connectivity index is 2.25. The third-order valence-corrected chi connectivity index (χ3v) is 2.80. The summed E-state index contributed by atoms with van der Waals surface area (Å²) in [5, 5.41) is 4.32. The monoisotopic (exact) mass is 244 g/mol. The average molecular weight is 245 g/mol. The Morgan fingerprint density at radius 3 is 3.23 bits per heavy atom. The summed E-state index contributed by atoms with van der Waals surface area (Å²) in [5.74, 6) is 1.09. The Hall–Kier alpha value is -0.420. The van der Waals surface area contributed by atoms with Crippen molar-refractivity contribution in [2.24, 2.45) is 5.73 Å². The van der Waals surface area contributed by atoms with Gasteiger partial charge < -0.3 is 5.73 Å². The number of hydrogen-bond donors (Lipinski definition) is 1. The summed E-state index contributed by atoms with van der Waals surface area (Å²) in [7, 11) is 0. The predicted molar refractivity (Wildman–Crippen MR) is 53.4 cm³/mol. The van der Waals surface area contributed by atoms with Gasteiger partial charge in [-0.3, -0.25) is 0 Å². The van der Waals surface area contributed by atoms with Crippen LogP contribution in [0.25, 0.3) is 0 Å². The van der Waals surface area contributed by atoms with Gasteiger partial charge in [0, 0.05) is 6.42 Å². The molecule has 0 aromatic carbocycles. The highest BCUT2D eigenvalue weighted by molar-refractivity contribution is 9.10. The SMILES string of the molecule is NCCC1CCCc2nc(Br)nn21. The van der Waals surface area contributed by atoms with Gasteiger partial charge in [-0.2, -0.15) is 0 Å². The lowest BCUT2D eigenvalue weighted by Gasteiger charge is -2.22. The van der Waals surface area contributed by atoms with Gasteiger partial charge in [-0.1, -0.05) is 0 Å². The second-order valence-electron chi connectivity index (χ2n) is 3.37. The normalized spacial score (nSPS) is 21.5. The lowest BCUT2D eigenvalue weighted by Crippen LogP contribution is -2.21. The summed E-state index contributed by atoms with van der Waals surface area (Å²) >= 11 is 3.30. The lowest BCUT2D eigenvalue weighted by atomic mass is 10.0. The van der Waals surface area contributed by atoms with Crippen LogP contribution in [0.4, 0.5) is 0 Å². The first-order chi connectivity index (χ1) is 6.31. The van der Waals surface area contributed by atoms with Crippen molar-refractivity contribution >= 4 is 15.9 Å². The molecule has 1 aliphatic heterocycles. The van der Waals surface area contributed by atoms with Crippen LogP contribution in [0.2, 0.25) is 0 Å². The third-order valence-electron chi connectivity index (χ3n) is 2.46. The maximum absolute atomic E-state index is 5.55. The van der Waals surface area contributed by atoms with Gasteiger partial charge >= 0.3 is 0 Å². The van der Waals surface area contributed by atoms with E-state index in [2.05, 4.69) is 26.0 Å². The fourth-order valence-electron chi connectivity index (χ4n) is 1.87. The molecule has 1 aromatic rings. The van der Waals surface area contributed by atoms with Crippen LogP contribution >= 0.6 is 15.9 Å². The molecular formula is C8H13BrN4. The second-order valence-corrected chi connectivity index (χ2v) is 4.07. The van der Waals surface area contributed by atoms with Crippen LogP contribution in [0.15, 0.2) is 4.73 Å². The Morgan fingerprint density at radius 2 is 2.46 bits per heavy atom. The molecule has 2 rings (SSSR count). The molecule has 2 heterocycles. The zero-order valence-corrected chi connectivity index (χ0v) is 9.00. The van der Waals surface area contributed by atoms with Crippen LogP contribution in [-0.4, -0.2) is 21.3 Å². The number of halogens is 1. The molecule has 72 valence electrons. The minimum absolute atomic E-state index is 0.465. The molecule has 13 heavy (non-hydrogen) atoms. The van der Waals surface area contributed by atoms with Gasteiger partial charge in [-0.15, -0.1) is 5.10 Å². The summed E-state index contributed by atoms with van der Waals surface area (Å²) in [4.78, 5) is 4.31. The molecule has 4 nitrogen and oxygen atoms in total. The first-order valence-electron chi connectivity index (χ1n) is 4.62. The number of aromatic nitrogens is 3. The molecule has 0 saturated carbocycles. The summed E-state index contributed by atoms with van der Waals surface area (Å²) in [6, 6.07) is 0.465. The Kier molecular flexibility index (Phi) is 2.64. The average Bonchev–Trinajstić information content (AvgIpc) is 2.47. The molecule has 1 aromatic heterocycles. The molecule has 5 heteroatoms. The lowest BCUT2D eigenvalue weighted by molar-refractivity contribution is 0.346. The largest absolute Gasteiger partial charge is 0.330 e. The van der Waals surface area contributed by atoms with Crippen molar-refractivity contribution < 1.29 is 0 Å². The highest BCUT2D eigenvalue weighted by atomic mass is 79.9. The van der Waals surface area contributed by atoms with Crippen LogP contribution in [0, 0.1) is 0 Å². The van der Waals surface area contributed by atoms with Gasteiger partial charge in [-0.05, 0) is 41.7 Å². The maximum atomic E-state index is 5.55.